The van der Waals surface area contributed by atoms with Crippen LogP contribution in [0.4, 0.5) is 0 Å². The lowest BCUT2D eigenvalue weighted by Crippen LogP contribution is -2.49. The highest BCUT2D eigenvalue weighted by molar-refractivity contribution is 5.83. The fraction of sp³-hybridized carbons (Fsp3) is 0.650. The number of hydrogen-bond donors (Lipinski definition) is 0. The van der Waals surface area contributed by atoms with Crippen molar-refractivity contribution in [2.75, 3.05) is 60.1 Å². The van der Waals surface area contributed by atoms with Crippen LogP contribution in [0.2, 0.25) is 0 Å². The summed E-state index contributed by atoms with van der Waals surface area (Å²) in [5.74, 6) is 0.782. The highest BCUT2D eigenvalue weighted by Gasteiger charge is 2.32. The number of methoxy groups -OCH3 is 1. The van der Waals surface area contributed by atoms with E-state index in [2.05, 4.69) is 9.88 Å². The lowest BCUT2D eigenvalue weighted by molar-refractivity contribution is -0.142. The molecular weight excluding hydrogens is 360 g/mol. The van der Waals surface area contributed by atoms with Crippen molar-refractivity contribution in [1.29, 1.82) is 0 Å². The normalized spacial score (nSPS) is 20.9. The molecular formula is C20H30N4O4. The zero-order valence-corrected chi connectivity index (χ0v) is 16.8. The van der Waals surface area contributed by atoms with Crippen molar-refractivity contribution in [2.24, 2.45) is 5.92 Å². The van der Waals surface area contributed by atoms with Crippen molar-refractivity contribution < 1.29 is 19.1 Å². The zero-order chi connectivity index (χ0) is 19.9. The molecule has 8 nitrogen and oxygen atoms in total. The molecule has 0 spiro atoms. The topological polar surface area (TPSA) is 75.2 Å². The molecule has 2 aliphatic heterocycles. The maximum absolute atomic E-state index is 12.9. The van der Waals surface area contributed by atoms with Gasteiger partial charge in [-0.15, -0.1) is 0 Å². The van der Waals surface area contributed by atoms with Gasteiger partial charge in [-0.3, -0.25) is 19.5 Å². The Bertz CT molecular complexity index is 678. The van der Waals surface area contributed by atoms with Crippen molar-refractivity contribution in [3.63, 3.8) is 0 Å². The van der Waals surface area contributed by atoms with Crippen LogP contribution >= 0.6 is 0 Å². The summed E-state index contributed by atoms with van der Waals surface area (Å²) in [6.45, 7) is 5.73. The third kappa shape index (κ3) is 5.42. The van der Waals surface area contributed by atoms with Crippen LogP contribution < -0.4 is 4.74 Å². The SMILES string of the molecule is COc1ccnc(CN(C)C(=O)[C@H]2CCC(=O)N(CCN3CCOCC3)C2)c1. The average molecular weight is 390 g/mol. The highest BCUT2D eigenvalue weighted by Crippen LogP contribution is 2.21. The Morgan fingerprint density at radius 2 is 2.14 bits per heavy atom. The molecule has 2 saturated heterocycles. The van der Waals surface area contributed by atoms with E-state index in [0.717, 1.165) is 44.3 Å². The van der Waals surface area contributed by atoms with E-state index >= 15 is 0 Å². The monoisotopic (exact) mass is 390 g/mol. The number of rotatable bonds is 7. The van der Waals surface area contributed by atoms with Gasteiger partial charge in [0, 0.05) is 58.5 Å². The molecule has 0 radical (unpaired) electrons. The highest BCUT2D eigenvalue weighted by atomic mass is 16.5. The molecule has 1 aromatic heterocycles. The van der Waals surface area contributed by atoms with Gasteiger partial charge < -0.3 is 19.3 Å². The number of aromatic nitrogens is 1. The summed E-state index contributed by atoms with van der Waals surface area (Å²) in [7, 11) is 3.40. The summed E-state index contributed by atoms with van der Waals surface area (Å²) in [4.78, 5) is 35.4. The number of amides is 2. The number of nitrogens with zero attached hydrogens (tertiary/aromatic N) is 4. The fourth-order valence-electron chi connectivity index (χ4n) is 3.72. The Hall–Kier alpha value is -2.19. The molecule has 0 aliphatic carbocycles. The Labute approximate surface area is 166 Å². The lowest BCUT2D eigenvalue weighted by Gasteiger charge is -2.35. The smallest absolute Gasteiger partial charge is 0.227 e. The van der Waals surface area contributed by atoms with Crippen LogP contribution in [0.15, 0.2) is 18.3 Å². The molecule has 28 heavy (non-hydrogen) atoms. The number of carbonyl (C=O) groups is 2. The van der Waals surface area contributed by atoms with Gasteiger partial charge in [0.05, 0.1) is 38.5 Å². The molecule has 0 aromatic carbocycles. The predicted molar refractivity (Wildman–Crippen MR) is 104 cm³/mol. The second-order valence-corrected chi connectivity index (χ2v) is 7.41. The van der Waals surface area contributed by atoms with E-state index in [0.29, 0.717) is 32.5 Å². The van der Waals surface area contributed by atoms with Crippen LogP contribution in [0.5, 0.6) is 5.75 Å². The lowest BCUT2D eigenvalue weighted by atomic mass is 9.96. The molecule has 0 N–H and O–H groups in total. The number of likely N-dealkylation sites (tertiary alicyclic amines) is 1. The van der Waals surface area contributed by atoms with E-state index in [1.807, 2.05) is 11.0 Å². The van der Waals surface area contributed by atoms with Crippen LogP contribution in [-0.2, 0) is 20.9 Å². The van der Waals surface area contributed by atoms with Gasteiger partial charge >= 0.3 is 0 Å². The number of hydrogen-bond acceptors (Lipinski definition) is 6. The van der Waals surface area contributed by atoms with Gasteiger partial charge in [-0.2, -0.15) is 0 Å². The van der Waals surface area contributed by atoms with E-state index in [9.17, 15) is 9.59 Å². The summed E-state index contributed by atoms with van der Waals surface area (Å²) < 4.78 is 10.6. The van der Waals surface area contributed by atoms with E-state index in [-0.39, 0.29) is 17.7 Å². The van der Waals surface area contributed by atoms with E-state index in [1.165, 1.54) is 0 Å². The van der Waals surface area contributed by atoms with Gasteiger partial charge in [-0.25, -0.2) is 0 Å². The first-order chi connectivity index (χ1) is 13.6. The second-order valence-electron chi connectivity index (χ2n) is 7.41. The molecule has 2 aliphatic rings. The molecule has 0 unspecified atom stereocenters. The molecule has 2 amide bonds. The zero-order valence-electron chi connectivity index (χ0n) is 16.8. The third-order valence-corrected chi connectivity index (χ3v) is 5.44. The Kier molecular flexibility index (Phi) is 7.22. The minimum absolute atomic E-state index is 0.0634. The van der Waals surface area contributed by atoms with Crippen LogP contribution in [0.3, 0.4) is 0 Å². The van der Waals surface area contributed by atoms with Crippen molar-refractivity contribution in [1.82, 2.24) is 19.7 Å². The van der Waals surface area contributed by atoms with Crippen molar-refractivity contribution in [3.05, 3.63) is 24.0 Å². The molecule has 1 atom stereocenters. The van der Waals surface area contributed by atoms with Gasteiger partial charge in [0.2, 0.25) is 11.8 Å². The number of morpholine rings is 1. The summed E-state index contributed by atoms with van der Waals surface area (Å²) in [6.07, 6.45) is 2.73. The van der Waals surface area contributed by atoms with Crippen LogP contribution in [0.25, 0.3) is 0 Å². The summed E-state index contributed by atoms with van der Waals surface area (Å²) in [5, 5.41) is 0. The predicted octanol–water partition coefficient (Wildman–Crippen LogP) is 0.619. The van der Waals surface area contributed by atoms with Crippen LogP contribution in [0, 0.1) is 5.92 Å². The van der Waals surface area contributed by atoms with Gasteiger partial charge in [0.25, 0.3) is 0 Å². The van der Waals surface area contributed by atoms with Crippen LogP contribution in [-0.4, -0.2) is 91.6 Å². The van der Waals surface area contributed by atoms with Crippen LogP contribution in [0.1, 0.15) is 18.5 Å². The number of piperidine rings is 1. The Morgan fingerprint density at radius 1 is 1.36 bits per heavy atom. The standard InChI is InChI=1S/C20H30N4O4/c1-22(15-17-13-18(27-2)5-6-21-17)20(26)16-3-4-19(25)24(14-16)8-7-23-9-11-28-12-10-23/h5-6,13,16H,3-4,7-12,14-15H2,1-2H3/t16-/m0/s1. The summed E-state index contributed by atoms with van der Waals surface area (Å²) >= 11 is 0. The third-order valence-electron chi connectivity index (χ3n) is 5.44. The van der Waals surface area contributed by atoms with Gasteiger partial charge in [-0.05, 0) is 12.5 Å². The minimum Gasteiger partial charge on any atom is -0.497 e. The van der Waals surface area contributed by atoms with Gasteiger partial charge in [-0.1, -0.05) is 0 Å². The Balaban J connectivity index is 1.52. The van der Waals surface area contributed by atoms with E-state index in [4.69, 9.17) is 9.47 Å². The summed E-state index contributed by atoms with van der Waals surface area (Å²) in [6, 6.07) is 3.62. The minimum atomic E-state index is -0.155. The molecule has 2 fully saturated rings. The number of ether oxygens (including phenoxy) is 2. The largest absolute Gasteiger partial charge is 0.497 e. The Morgan fingerprint density at radius 3 is 2.89 bits per heavy atom. The fourth-order valence-corrected chi connectivity index (χ4v) is 3.72. The molecule has 3 rings (SSSR count). The van der Waals surface area contributed by atoms with E-state index < -0.39 is 0 Å². The van der Waals surface area contributed by atoms with Gasteiger partial charge in [0.1, 0.15) is 5.75 Å². The van der Waals surface area contributed by atoms with Crippen molar-refractivity contribution in [3.8, 4) is 5.75 Å². The molecule has 0 saturated carbocycles. The van der Waals surface area contributed by atoms with E-state index in [1.54, 1.807) is 31.3 Å². The molecule has 3 heterocycles. The maximum atomic E-state index is 12.9. The number of pyridine rings is 1. The maximum Gasteiger partial charge on any atom is 0.227 e. The molecule has 154 valence electrons. The molecule has 1 aromatic rings. The van der Waals surface area contributed by atoms with Gasteiger partial charge in [0.15, 0.2) is 0 Å². The first-order valence-corrected chi connectivity index (χ1v) is 9.88. The quantitative estimate of drug-likeness (QED) is 0.680. The number of carbonyl (C=O) groups excluding carboxylic acids is 2. The average Bonchev–Trinajstić information content (AvgIpc) is 2.73. The first kappa shape index (κ1) is 20.5. The summed E-state index contributed by atoms with van der Waals surface area (Å²) in [5.41, 5.74) is 0.784. The second kappa shape index (κ2) is 9.84. The first-order valence-electron chi connectivity index (χ1n) is 9.88. The molecule has 8 heteroatoms. The van der Waals surface area contributed by atoms with Crippen molar-refractivity contribution in [2.45, 2.75) is 19.4 Å². The van der Waals surface area contributed by atoms with Crippen molar-refractivity contribution >= 4 is 11.8 Å². The molecule has 0 bridgehead atoms.